The van der Waals surface area contributed by atoms with Crippen LogP contribution in [-0.2, 0) is 16.4 Å². The Balaban J connectivity index is 1.63. The van der Waals surface area contributed by atoms with Gasteiger partial charge in [-0.25, -0.2) is 8.42 Å². The molecule has 0 atom stereocenters. The monoisotopic (exact) mass is 460 g/mol. The van der Waals surface area contributed by atoms with Crippen molar-refractivity contribution in [1.82, 2.24) is 0 Å². The summed E-state index contributed by atoms with van der Waals surface area (Å²) in [6.07, 6.45) is 1.54. The Morgan fingerprint density at radius 3 is 2.50 bits per heavy atom. The van der Waals surface area contributed by atoms with E-state index >= 15 is 0 Å². The average molecular weight is 461 g/mol. The standard InChI is InChI=1S/C22H18Cl2N2O3S/c23-17-8-10-19(24)21(14-17)30(28,29)25-18-9-11-20-16(13-18)7-4-12-26(20)22(27)15-5-2-1-3-6-15/h1-3,5-6,8-11,13-14,25H,4,7,12H2. The number of fused-ring (bicyclic) bond motifs is 1. The van der Waals surface area contributed by atoms with Gasteiger partial charge in [-0.3, -0.25) is 9.52 Å². The number of anilines is 2. The zero-order chi connectivity index (χ0) is 21.3. The van der Waals surface area contributed by atoms with Crippen LogP contribution in [0.4, 0.5) is 11.4 Å². The predicted molar refractivity (Wildman–Crippen MR) is 120 cm³/mol. The van der Waals surface area contributed by atoms with E-state index in [2.05, 4.69) is 4.72 Å². The molecule has 0 unspecified atom stereocenters. The number of nitrogens with zero attached hydrogens (tertiary/aromatic N) is 1. The van der Waals surface area contributed by atoms with Crippen LogP contribution in [0.1, 0.15) is 22.3 Å². The molecule has 30 heavy (non-hydrogen) atoms. The molecule has 1 amide bonds. The maximum atomic E-state index is 12.9. The van der Waals surface area contributed by atoms with Crippen LogP contribution in [0.3, 0.4) is 0 Å². The minimum atomic E-state index is -3.91. The summed E-state index contributed by atoms with van der Waals surface area (Å²) in [5.74, 6) is -0.0735. The van der Waals surface area contributed by atoms with Gasteiger partial charge in [-0.1, -0.05) is 41.4 Å². The zero-order valence-electron chi connectivity index (χ0n) is 15.8. The summed E-state index contributed by atoms with van der Waals surface area (Å²) in [5, 5.41) is 0.366. The zero-order valence-corrected chi connectivity index (χ0v) is 18.1. The van der Waals surface area contributed by atoms with Crippen molar-refractivity contribution >= 4 is 50.5 Å². The van der Waals surface area contributed by atoms with E-state index < -0.39 is 10.0 Å². The molecule has 0 saturated heterocycles. The van der Waals surface area contributed by atoms with Gasteiger partial charge in [0.15, 0.2) is 0 Å². The first-order valence-electron chi connectivity index (χ1n) is 9.33. The van der Waals surface area contributed by atoms with Crippen molar-refractivity contribution < 1.29 is 13.2 Å². The highest BCUT2D eigenvalue weighted by atomic mass is 35.5. The highest BCUT2D eigenvalue weighted by molar-refractivity contribution is 7.92. The largest absolute Gasteiger partial charge is 0.308 e. The number of rotatable bonds is 4. The van der Waals surface area contributed by atoms with E-state index in [4.69, 9.17) is 23.2 Å². The van der Waals surface area contributed by atoms with Gasteiger partial charge in [0.05, 0.1) is 5.02 Å². The molecule has 0 radical (unpaired) electrons. The molecule has 154 valence electrons. The lowest BCUT2D eigenvalue weighted by atomic mass is 10.00. The van der Waals surface area contributed by atoms with Crippen LogP contribution in [0.2, 0.25) is 10.0 Å². The molecule has 0 spiro atoms. The Morgan fingerprint density at radius 1 is 0.967 bits per heavy atom. The van der Waals surface area contributed by atoms with Crippen molar-refractivity contribution in [3.8, 4) is 0 Å². The number of hydrogen-bond acceptors (Lipinski definition) is 3. The van der Waals surface area contributed by atoms with Gasteiger partial charge >= 0.3 is 0 Å². The maximum Gasteiger partial charge on any atom is 0.263 e. The van der Waals surface area contributed by atoms with Crippen molar-refractivity contribution in [3.63, 3.8) is 0 Å². The van der Waals surface area contributed by atoms with Gasteiger partial charge in [0.2, 0.25) is 0 Å². The summed E-state index contributed by atoms with van der Waals surface area (Å²) in [5.41, 5.74) is 2.71. The maximum absolute atomic E-state index is 12.9. The van der Waals surface area contributed by atoms with Gasteiger partial charge < -0.3 is 4.90 Å². The van der Waals surface area contributed by atoms with Gasteiger partial charge in [-0.2, -0.15) is 0 Å². The number of aryl methyl sites for hydroxylation is 1. The fourth-order valence-corrected chi connectivity index (χ4v) is 5.31. The van der Waals surface area contributed by atoms with Crippen LogP contribution >= 0.6 is 23.2 Å². The second-order valence-electron chi connectivity index (χ2n) is 6.95. The second-order valence-corrected chi connectivity index (χ2v) is 9.44. The topological polar surface area (TPSA) is 66.5 Å². The van der Waals surface area contributed by atoms with Crippen molar-refractivity contribution in [2.75, 3.05) is 16.2 Å². The minimum absolute atomic E-state index is 0.0735. The number of halogens is 2. The van der Waals surface area contributed by atoms with Crippen LogP contribution in [0.15, 0.2) is 71.6 Å². The van der Waals surface area contributed by atoms with Crippen molar-refractivity contribution in [1.29, 1.82) is 0 Å². The summed E-state index contributed by atoms with van der Waals surface area (Å²) in [7, 11) is -3.91. The third kappa shape index (κ3) is 4.17. The Labute approximate surface area is 185 Å². The number of sulfonamides is 1. The van der Waals surface area contributed by atoms with Crippen LogP contribution in [-0.4, -0.2) is 20.9 Å². The molecule has 1 aliphatic heterocycles. The minimum Gasteiger partial charge on any atom is -0.308 e. The molecule has 1 aliphatic rings. The number of hydrogen-bond donors (Lipinski definition) is 1. The van der Waals surface area contributed by atoms with Crippen molar-refractivity contribution in [2.24, 2.45) is 0 Å². The molecule has 0 saturated carbocycles. The normalized spacial score (nSPS) is 13.6. The van der Waals surface area contributed by atoms with E-state index in [1.165, 1.54) is 18.2 Å². The molecule has 1 heterocycles. The Hall–Kier alpha value is -2.54. The highest BCUT2D eigenvalue weighted by Gasteiger charge is 2.25. The lowest BCUT2D eigenvalue weighted by Gasteiger charge is -2.30. The lowest BCUT2D eigenvalue weighted by molar-refractivity contribution is 0.0985. The first-order chi connectivity index (χ1) is 14.3. The van der Waals surface area contributed by atoms with Crippen LogP contribution in [0.25, 0.3) is 0 Å². The van der Waals surface area contributed by atoms with E-state index in [0.717, 1.165) is 24.1 Å². The lowest BCUT2D eigenvalue weighted by Crippen LogP contribution is -2.35. The first kappa shape index (κ1) is 20.7. The molecule has 3 aromatic carbocycles. The Kier molecular flexibility index (Phi) is 5.73. The van der Waals surface area contributed by atoms with Gasteiger partial charge in [0.1, 0.15) is 4.90 Å². The molecular formula is C22H18Cl2N2O3S. The van der Waals surface area contributed by atoms with E-state index in [1.54, 1.807) is 35.2 Å². The smallest absolute Gasteiger partial charge is 0.263 e. The van der Waals surface area contributed by atoms with Gasteiger partial charge in [0, 0.05) is 28.5 Å². The van der Waals surface area contributed by atoms with Crippen LogP contribution in [0.5, 0.6) is 0 Å². The predicted octanol–water partition coefficient (Wildman–Crippen LogP) is 5.39. The van der Waals surface area contributed by atoms with E-state index in [0.29, 0.717) is 17.8 Å². The molecule has 5 nitrogen and oxygen atoms in total. The molecular weight excluding hydrogens is 443 g/mol. The quantitative estimate of drug-likeness (QED) is 0.567. The second kappa shape index (κ2) is 8.30. The van der Waals surface area contributed by atoms with E-state index in [1.807, 2.05) is 18.2 Å². The van der Waals surface area contributed by atoms with E-state index in [-0.39, 0.29) is 20.8 Å². The molecule has 3 aromatic rings. The van der Waals surface area contributed by atoms with E-state index in [9.17, 15) is 13.2 Å². The number of nitrogens with one attached hydrogen (secondary N) is 1. The molecule has 0 bridgehead atoms. The SMILES string of the molecule is O=C(c1ccccc1)N1CCCc2cc(NS(=O)(=O)c3cc(Cl)ccc3Cl)ccc21. The third-order valence-corrected chi connectivity index (χ3v) is 7.00. The first-order valence-corrected chi connectivity index (χ1v) is 11.6. The summed E-state index contributed by atoms with van der Waals surface area (Å²) in [6, 6.07) is 18.6. The number of amides is 1. The highest BCUT2D eigenvalue weighted by Crippen LogP contribution is 2.32. The fraction of sp³-hybridized carbons (Fsp3) is 0.136. The number of carbonyl (C=O) groups is 1. The summed E-state index contributed by atoms with van der Waals surface area (Å²) in [4.78, 5) is 14.6. The molecule has 4 rings (SSSR count). The summed E-state index contributed by atoms with van der Waals surface area (Å²) < 4.78 is 28.1. The number of benzene rings is 3. The van der Waals surface area contributed by atoms with Gasteiger partial charge in [-0.05, 0) is 66.9 Å². The average Bonchev–Trinajstić information content (AvgIpc) is 2.74. The van der Waals surface area contributed by atoms with Gasteiger partial charge in [0.25, 0.3) is 15.9 Å². The van der Waals surface area contributed by atoms with Crippen LogP contribution in [0, 0.1) is 0 Å². The Morgan fingerprint density at radius 2 is 1.73 bits per heavy atom. The fourth-order valence-electron chi connectivity index (χ4n) is 3.50. The van der Waals surface area contributed by atoms with Crippen molar-refractivity contribution in [2.45, 2.75) is 17.7 Å². The number of carbonyl (C=O) groups excluding carboxylic acids is 1. The molecule has 0 aliphatic carbocycles. The molecule has 1 N–H and O–H groups in total. The molecule has 8 heteroatoms. The molecule has 0 fully saturated rings. The summed E-state index contributed by atoms with van der Waals surface area (Å²) in [6.45, 7) is 0.615. The van der Waals surface area contributed by atoms with Crippen LogP contribution < -0.4 is 9.62 Å². The third-order valence-electron chi connectivity index (χ3n) is 4.90. The molecule has 0 aromatic heterocycles. The Bertz CT molecular complexity index is 1210. The van der Waals surface area contributed by atoms with Crippen molar-refractivity contribution in [3.05, 3.63) is 87.9 Å². The van der Waals surface area contributed by atoms with Gasteiger partial charge in [-0.15, -0.1) is 0 Å². The summed E-state index contributed by atoms with van der Waals surface area (Å²) >= 11 is 12.0.